The number of benzene rings is 2. The summed E-state index contributed by atoms with van der Waals surface area (Å²) in [6.07, 6.45) is 5.45. The second kappa shape index (κ2) is 7.93. The molecule has 28 heavy (non-hydrogen) atoms. The van der Waals surface area contributed by atoms with Gasteiger partial charge in [-0.15, -0.1) is 0 Å². The number of carbonyl (C=O) groups is 1. The molecule has 1 saturated carbocycles. The third-order valence-corrected chi connectivity index (χ3v) is 6.67. The molecule has 148 valence electrons. The minimum absolute atomic E-state index is 0.0286. The molecule has 0 atom stereocenters. The van der Waals surface area contributed by atoms with E-state index in [1.165, 1.54) is 31.4 Å². The summed E-state index contributed by atoms with van der Waals surface area (Å²) in [6.45, 7) is 2.14. The second-order valence-electron chi connectivity index (χ2n) is 7.47. The largest absolute Gasteiger partial charge is 0.372 e. The van der Waals surface area contributed by atoms with E-state index in [1.54, 1.807) is 12.1 Å². The third-order valence-electron chi connectivity index (χ3n) is 5.15. The summed E-state index contributed by atoms with van der Waals surface area (Å²) in [5.41, 5.74) is 2.17. The van der Waals surface area contributed by atoms with Gasteiger partial charge in [-0.25, -0.2) is 13.1 Å². The van der Waals surface area contributed by atoms with E-state index in [0.717, 1.165) is 31.6 Å². The van der Waals surface area contributed by atoms with Gasteiger partial charge in [0.2, 0.25) is 10.0 Å². The molecule has 1 aliphatic carbocycles. The summed E-state index contributed by atoms with van der Waals surface area (Å²) in [5, 5.41) is 2.85. The first kappa shape index (κ1) is 19.0. The second-order valence-corrected chi connectivity index (χ2v) is 9.19. The lowest BCUT2D eigenvalue weighted by atomic mass is 10.1. The summed E-state index contributed by atoms with van der Waals surface area (Å²) < 4.78 is 27.3. The highest BCUT2D eigenvalue weighted by Gasteiger charge is 2.28. The Kier molecular flexibility index (Phi) is 5.37. The maximum absolute atomic E-state index is 12.6. The summed E-state index contributed by atoms with van der Waals surface area (Å²) in [5.74, 6) is -0.325. The number of nitrogens with zero attached hydrogens (tertiary/aromatic N) is 1. The van der Waals surface area contributed by atoms with Gasteiger partial charge in [0, 0.05) is 36.1 Å². The number of amides is 1. The SMILES string of the molecule is O=C(Nc1ccc(N2CCCCC2)cc1)c1cccc(S(=O)(=O)NC2CC2)c1. The summed E-state index contributed by atoms with van der Waals surface area (Å²) >= 11 is 0. The molecule has 0 spiro atoms. The van der Waals surface area contributed by atoms with Crippen molar-refractivity contribution in [1.29, 1.82) is 0 Å². The van der Waals surface area contributed by atoms with E-state index in [1.807, 2.05) is 24.3 Å². The van der Waals surface area contributed by atoms with Gasteiger partial charge in [0.25, 0.3) is 5.91 Å². The highest BCUT2D eigenvalue weighted by molar-refractivity contribution is 7.89. The third kappa shape index (κ3) is 4.54. The van der Waals surface area contributed by atoms with Crippen LogP contribution in [-0.2, 0) is 10.0 Å². The van der Waals surface area contributed by atoms with Crippen molar-refractivity contribution in [2.45, 2.75) is 43.0 Å². The molecule has 1 saturated heterocycles. The summed E-state index contributed by atoms with van der Waals surface area (Å²) in [6, 6.07) is 14.0. The monoisotopic (exact) mass is 399 g/mol. The van der Waals surface area contributed by atoms with Crippen LogP contribution in [0.5, 0.6) is 0 Å². The van der Waals surface area contributed by atoms with Gasteiger partial charge in [-0.2, -0.15) is 0 Å². The zero-order valence-corrected chi connectivity index (χ0v) is 16.5. The molecule has 4 rings (SSSR count). The normalized spacial score (nSPS) is 17.4. The Morgan fingerprint density at radius 1 is 0.964 bits per heavy atom. The molecule has 2 fully saturated rings. The maximum Gasteiger partial charge on any atom is 0.255 e. The Morgan fingerprint density at radius 3 is 2.36 bits per heavy atom. The van der Waals surface area contributed by atoms with Crippen LogP contribution in [0, 0.1) is 0 Å². The first-order chi connectivity index (χ1) is 13.5. The number of hydrogen-bond donors (Lipinski definition) is 2. The van der Waals surface area contributed by atoms with Crippen molar-refractivity contribution in [3.8, 4) is 0 Å². The Bertz CT molecular complexity index is 947. The average molecular weight is 400 g/mol. The molecule has 1 amide bonds. The van der Waals surface area contributed by atoms with Crippen LogP contribution in [0.3, 0.4) is 0 Å². The van der Waals surface area contributed by atoms with Crippen LogP contribution in [0.1, 0.15) is 42.5 Å². The Hall–Kier alpha value is -2.38. The van der Waals surface area contributed by atoms with Crippen molar-refractivity contribution < 1.29 is 13.2 Å². The fraction of sp³-hybridized carbons (Fsp3) is 0.381. The summed E-state index contributed by atoms with van der Waals surface area (Å²) in [4.78, 5) is 15.1. The van der Waals surface area contributed by atoms with Crippen molar-refractivity contribution in [2.75, 3.05) is 23.3 Å². The molecule has 2 aliphatic rings. The molecule has 0 aromatic heterocycles. The molecule has 6 nitrogen and oxygen atoms in total. The molecule has 2 aromatic carbocycles. The van der Waals surface area contributed by atoms with Crippen molar-refractivity contribution in [3.63, 3.8) is 0 Å². The molecule has 0 radical (unpaired) electrons. The van der Waals surface area contributed by atoms with E-state index < -0.39 is 10.0 Å². The fourth-order valence-corrected chi connectivity index (χ4v) is 4.75. The minimum Gasteiger partial charge on any atom is -0.372 e. The minimum atomic E-state index is -3.58. The number of rotatable bonds is 6. The first-order valence-electron chi connectivity index (χ1n) is 9.80. The van der Waals surface area contributed by atoms with E-state index >= 15 is 0 Å². The van der Waals surface area contributed by atoms with E-state index in [0.29, 0.717) is 11.3 Å². The van der Waals surface area contributed by atoms with Gasteiger partial charge in [0.1, 0.15) is 0 Å². The lowest BCUT2D eigenvalue weighted by Crippen LogP contribution is -2.29. The van der Waals surface area contributed by atoms with Gasteiger partial charge in [-0.1, -0.05) is 6.07 Å². The Morgan fingerprint density at radius 2 is 1.68 bits per heavy atom. The topological polar surface area (TPSA) is 78.5 Å². The van der Waals surface area contributed by atoms with Gasteiger partial charge in [0.05, 0.1) is 4.90 Å². The van der Waals surface area contributed by atoms with Gasteiger partial charge in [-0.05, 0) is 74.6 Å². The average Bonchev–Trinajstić information content (AvgIpc) is 3.53. The van der Waals surface area contributed by atoms with Crippen LogP contribution < -0.4 is 14.9 Å². The zero-order valence-electron chi connectivity index (χ0n) is 15.7. The summed E-state index contributed by atoms with van der Waals surface area (Å²) in [7, 11) is -3.58. The van der Waals surface area contributed by atoms with Crippen LogP contribution in [0.25, 0.3) is 0 Å². The standard InChI is InChI=1S/C21H25N3O3S/c25-21(16-5-4-6-20(15-16)28(26,27)23-18-7-8-18)22-17-9-11-19(12-10-17)24-13-2-1-3-14-24/h4-6,9-12,15,18,23H,1-3,7-8,13-14H2,(H,22,25). The molecular weight excluding hydrogens is 374 g/mol. The number of hydrogen-bond acceptors (Lipinski definition) is 4. The Balaban J connectivity index is 1.44. The van der Waals surface area contributed by atoms with Crippen LogP contribution >= 0.6 is 0 Å². The van der Waals surface area contributed by atoms with Gasteiger partial charge >= 0.3 is 0 Å². The smallest absolute Gasteiger partial charge is 0.255 e. The zero-order chi connectivity index (χ0) is 19.6. The molecule has 2 aromatic rings. The number of sulfonamides is 1. The van der Waals surface area contributed by atoms with Gasteiger partial charge in [0.15, 0.2) is 0 Å². The van der Waals surface area contributed by atoms with Crippen molar-refractivity contribution in [3.05, 3.63) is 54.1 Å². The highest BCUT2D eigenvalue weighted by atomic mass is 32.2. The number of nitrogens with one attached hydrogen (secondary N) is 2. The number of carbonyl (C=O) groups excluding carboxylic acids is 1. The maximum atomic E-state index is 12.6. The number of anilines is 2. The van der Waals surface area contributed by atoms with Crippen molar-refractivity contribution in [1.82, 2.24) is 4.72 Å². The molecular formula is C21H25N3O3S. The highest BCUT2D eigenvalue weighted by Crippen LogP contribution is 2.24. The van der Waals surface area contributed by atoms with E-state index in [4.69, 9.17) is 0 Å². The predicted molar refractivity (Wildman–Crippen MR) is 110 cm³/mol. The predicted octanol–water partition coefficient (Wildman–Crippen LogP) is 3.37. The van der Waals surface area contributed by atoms with E-state index in [-0.39, 0.29) is 16.8 Å². The van der Waals surface area contributed by atoms with Crippen molar-refractivity contribution in [2.24, 2.45) is 0 Å². The van der Waals surface area contributed by atoms with Gasteiger partial charge < -0.3 is 10.2 Å². The van der Waals surface area contributed by atoms with Crippen LogP contribution in [-0.4, -0.2) is 33.5 Å². The fourth-order valence-electron chi connectivity index (χ4n) is 3.40. The lowest BCUT2D eigenvalue weighted by Gasteiger charge is -2.28. The quantitative estimate of drug-likeness (QED) is 0.781. The lowest BCUT2D eigenvalue weighted by molar-refractivity contribution is 0.102. The Labute approximate surface area is 166 Å². The molecule has 0 bridgehead atoms. The number of piperidine rings is 1. The molecule has 7 heteroatoms. The van der Waals surface area contributed by atoms with E-state index in [9.17, 15) is 13.2 Å². The molecule has 1 aliphatic heterocycles. The van der Waals surface area contributed by atoms with Crippen LogP contribution in [0.15, 0.2) is 53.4 Å². The van der Waals surface area contributed by atoms with Gasteiger partial charge in [-0.3, -0.25) is 4.79 Å². The molecule has 2 N–H and O–H groups in total. The van der Waals surface area contributed by atoms with Crippen LogP contribution in [0.2, 0.25) is 0 Å². The van der Waals surface area contributed by atoms with Crippen LogP contribution in [0.4, 0.5) is 11.4 Å². The molecule has 0 unspecified atom stereocenters. The van der Waals surface area contributed by atoms with E-state index in [2.05, 4.69) is 14.9 Å². The van der Waals surface area contributed by atoms with Crippen molar-refractivity contribution >= 4 is 27.3 Å². The first-order valence-corrected chi connectivity index (χ1v) is 11.3. The molecule has 1 heterocycles.